The lowest BCUT2D eigenvalue weighted by molar-refractivity contribution is -0.353. The van der Waals surface area contributed by atoms with Crippen molar-refractivity contribution < 1.29 is 9.78 Å². The van der Waals surface area contributed by atoms with Gasteiger partial charge in [-0.3, -0.25) is 0 Å². The summed E-state index contributed by atoms with van der Waals surface area (Å²) in [5.41, 5.74) is 0.560. The molecule has 16 heavy (non-hydrogen) atoms. The van der Waals surface area contributed by atoms with Gasteiger partial charge in [0.2, 0.25) is 5.00 Å². The molecule has 6 heteroatoms. The van der Waals surface area contributed by atoms with Gasteiger partial charge in [-0.25, -0.2) is 9.78 Å². The molecule has 0 bridgehead atoms. The Kier molecular flexibility index (Phi) is 3.02. The van der Waals surface area contributed by atoms with Crippen molar-refractivity contribution in [3.8, 4) is 0 Å². The molecule has 0 saturated carbocycles. The van der Waals surface area contributed by atoms with Crippen LogP contribution in [0.1, 0.15) is 10.4 Å². The number of nitrogens with one attached hydrogen (secondary N) is 2. The topological polar surface area (TPSA) is 72.7 Å². The maximum Gasteiger partial charge on any atom is 0.341 e. The summed E-state index contributed by atoms with van der Waals surface area (Å²) < 4.78 is 0. The summed E-state index contributed by atoms with van der Waals surface area (Å²) in [7, 11) is 0. The number of hydrogen-bond acceptors (Lipinski definition) is 4. The molecular formula is C10H8N3O2S+. The van der Waals surface area contributed by atoms with Crippen molar-refractivity contribution in [3.63, 3.8) is 0 Å². The second-order valence-corrected chi connectivity index (χ2v) is 4.00. The molecule has 5 nitrogen and oxygen atoms in total. The van der Waals surface area contributed by atoms with Crippen molar-refractivity contribution in [1.29, 1.82) is 0 Å². The lowest BCUT2D eigenvalue weighted by Gasteiger charge is -1.94. The number of aromatic amines is 1. The Morgan fingerprint density at radius 2 is 2.06 bits per heavy atom. The highest BCUT2D eigenvalue weighted by atomic mass is 32.1. The summed E-state index contributed by atoms with van der Waals surface area (Å²) in [5.74, 6) is -0.226. The van der Waals surface area contributed by atoms with Crippen LogP contribution in [0.2, 0.25) is 0 Å². The minimum Gasteiger partial charge on any atom is -0.241 e. The fourth-order valence-electron chi connectivity index (χ4n) is 1.16. The lowest BCUT2D eigenvalue weighted by Crippen LogP contribution is -2.16. The summed E-state index contributed by atoms with van der Waals surface area (Å²) in [4.78, 5) is 24.6. The maximum absolute atomic E-state index is 11.7. The Hall–Kier alpha value is -2.08. The van der Waals surface area contributed by atoms with Crippen LogP contribution in [0.4, 0.5) is 10.1 Å². The van der Waals surface area contributed by atoms with E-state index in [0.717, 1.165) is 11.3 Å². The van der Waals surface area contributed by atoms with Gasteiger partial charge in [0, 0.05) is 0 Å². The number of hydrogen-bond donors (Lipinski definition) is 1. The van der Waals surface area contributed by atoms with Gasteiger partial charge in [0.05, 0.1) is 5.56 Å². The predicted octanol–water partition coefficient (Wildman–Crippen LogP) is 2.21. The third-order valence-corrected chi connectivity index (χ3v) is 2.71. The number of carbonyl (C=O) groups is 1. The van der Waals surface area contributed by atoms with Crippen LogP contribution in [0.3, 0.4) is 0 Å². The first-order valence-corrected chi connectivity index (χ1v) is 5.32. The summed E-state index contributed by atoms with van der Waals surface area (Å²) in [6.07, 6.45) is 1.44. The van der Waals surface area contributed by atoms with E-state index in [2.05, 4.69) is 15.5 Å². The Morgan fingerprint density at radius 3 is 2.69 bits per heavy atom. The van der Waals surface area contributed by atoms with E-state index < -0.39 is 0 Å². The van der Waals surface area contributed by atoms with Gasteiger partial charge in [-0.05, 0) is 28.6 Å². The molecule has 0 saturated heterocycles. The molecule has 1 aromatic carbocycles. The van der Waals surface area contributed by atoms with Crippen molar-refractivity contribution in [1.82, 2.24) is 0 Å². The third kappa shape index (κ3) is 2.29. The Bertz CT molecular complexity index is 510. The van der Waals surface area contributed by atoms with Gasteiger partial charge in [0.15, 0.2) is 0 Å². The van der Waals surface area contributed by atoms with Crippen LogP contribution in [0.15, 0.2) is 41.7 Å². The normalized spacial score (nSPS) is 9.75. The van der Waals surface area contributed by atoms with Crippen LogP contribution in [-0.4, -0.2) is 5.91 Å². The third-order valence-electron chi connectivity index (χ3n) is 1.89. The second-order valence-electron chi connectivity index (χ2n) is 2.97. The minimum absolute atomic E-state index is 0.226. The second kappa shape index (κ2) is 4.63. The number of benzene rings is 1. The van der Waals surface area contributed by atoms with E-state index in [0.29, 0.717) is 15.7 Å². The molecule has 0 spiro atoms. The van der Waals surface area contributed by atoms with Crippen molar-refractivity contribution in [2.45, 2.75) is 0 Å². The quantitative estimate of drug-likeness (QED) is 0.827. The Labute approximate surface area is 95.1 Å². The molecule has 1 amide bonds. The first kappa shape index (κ1) is 10.4. The van der Waals surface area contributed by atoms with Crippen LogP contribution < -0.4 is 10.3 Å². The first-order valence-electron chi connectivity index (χ1n) is 4.51. The molecule has 0 aliphatic heterocycles. The molecule has 0 radical (unpaired) electrons. The molecule has 1 aromatic heterocycles. The largest absolute Gasteiger partial charge is 0.341 e. The number of nitroso groups, excluding NO2 is 1. The van der Waals surface area contributed by atoms with Crippen LogP contribution in [0.25, 0.3) is 0 Å². The summed E-state index contributed by atoms with van der Waals surface area (Å²) in [6.45, 7) is 0. The van der Waals surface area contributed by atoms with E-state index in [1.165, 1.54) is 6.20 Å². The van der Waals surface area contributed by atoms with Crippen molar-refractivity contribution in [3.05, 3.63) is 47.0 Å². The predicted molar refractivity (Wildman–Crippen MR) is 60.7 cm³/mol. The number of H-pyrrole nitrogens is 1. The molecular weight excluding hydrogens is 226 g/mol. The molecule has 2 aromatic rings. The molecule has 80 valence electrons. The molecule has 0 fully saturated rings. The minimum atomic E-state index is -0.226. The molecule has 0 unspecified atom stereocenters. The highest BCUT2D eigenvalue weighted by Gasteiger charge is 2.15. The zero-order valence-electron chi connectivity index (χ0n) is 8.14. The van der Waals surface area contributed by atoms with Gasteiger partial charge in [-0.2, -0.15) is 5.32 Å². The van der Waals surface area contributed by atoms with Gasteiger partial charge in [0.1, 0.15) is 6.20 Å². The van der Waals surface area contributed by atoms with Gasteiger partial charge in [-0.1, -0.05) is 18.2 Å². The number of thiazole rings is 1. The molecule has 0 aliphatic carbocycles. The molecule has 2 N–H and O–H groups in total. The number of rotatable bonds is 3. The van der Waals surface area contributed by atoms with Crippen LogP contribution in [-0.2, 0) is 0 Å². The fourth-order valence-corrected chi connectivity index (χ4v) is 1.79. The number of aromatic nitrogens is 1. The van der Waals surface area contributed by atoms with Gasteiger partial charge in [0.25, 0.3) is 0 Å². The van der Waals surface area contributed by atoms with Gasteiger partial charge in [-0.15, -0.1) is 4.91 Å². The summed E-state index contributed by atoms with van der Waals surface area (Å²) in [5, 5.41) is 6.18. The van der Waals surface area contributed by atoms with Gasteiger partial charge >= 0.3 is 11.0 Å². The van der Waals surface area contributed by atoms with E-state index in [4.69, 9.17) is 0 Å². The number of carbonyl (C=O) groups excluding carboxylic acids is 1. The van der Waals surface area contributed by atoms with E-state index in [1.807, 2.05) is 6.07 Å². The van der Waals surface area contributed by atoms with E-state index in [9.17, 15) is 9.70 Å². The zero-order chi connectivity index (χ0) is 11.4. The number of amides is 1. The van der Waals surface area contributed by atoms with Crippen LogP contribution in [0, 0.1) is 4.91 Å². The van der Waals surface area contributed by atoms with Crippen LogP contribution >= 0.6 is 11.3 Å². The van der Waals surface area contributed by atoms with Crippen LogP contribution in [0.5, 0.6) is 0 Å². The van der Waals surface area contributed by atoms with E-state index in [-0.39, 0.29) is 5.91 Å². The molecule has 1 heterocycles. The molecule has 0 aliphatic rings. The number of nitrogens with zero attached hydrogens (tertiary/aromatic N) is 1. The first-order chi connectivity index (χ1) is 7.79. The molecule has 0 atom stereocenters. The van der Waals surface area contributed by atoms with Crippen molar-refractivity contribution in [2.24, 2.45) is 5.18 Å². The van der Waals surface area contributed by atoms with E-state index in [1.54, 1.807) is 24.3 Å². The summed E-state index contributed by atoms with van der Waals surface area (Å²) >= 11 is 1.09. The van der Waals surface area contributed by atoms with Gasteiger partial charge < -0.3 is 0 Å². The smallest absolute Gasteiger partial charge is 0.241 e. The monoisotopic (exact) mass is 234 g/mol. The van der Waals surface area contributed by atoms with Crippen molar-refractivity contribution >= 4 is 27.4 Å². The van der Waals surface area contributed by atoms with E-state index >= 15 is 0 Å². The number of anilines is 1. The highest BCUT2D eigenvalue weighted by molar-refractivity contribution is 7.18. The average Bonchev–Trinajstić information content (AvgIpc) is 2.78. The fraction of sp³-hybridized carbons (Fsp3) is 0. The van der Waals surface area contributed by atoms with Crippen molar-refractivity contribution in [2.75, 3.05) is 5.32 Å². The lowest BCUT2D eigenvalue weighted by atomic mass is 10.2. The zero-order valence-corrected chi connectivity index (χ0v) is 8.95. The maximum atomic E-state index is 11.7. The SMILES string of the molecule is O=Nc1c[nH+]c(NC(=O)c2ccccc2)s1. The Morgan fingerprint density at radius 1 is 1.31 bits per heavy atom. The summed E-state index contributed by atoms with van der Waals surface area (Å²) in [6, 6.07) is 8.82. The standard InChI is InChI=1S/C10H7N3O2S/c14-9(7-4-2-1-3-5-7)12-10-11-6-8(13-15)16-10/h1-6H,(H,11,12,14)/p+1. The highest BCUT2D eigenvalue weighted by Crippen LogP contribution is 2.22. The Balaban J connectivity index is 2.11. The molecule has 2 rings (SSSR count). The average molecular weight is 234 g/mol.